The molecule has 0 bridgehead atoms. The van der Waals surface area contributed by atoms with Crippen molar-refractivity contribution in [2.24, 2.45) is 34.5 Å². The molecular formula is C21H32O. The molecule has 4 saturated carbocycles. The van der Waals surface area contributed by atoms with E-state index < -0.39 is 5.60 Å². The minimum absolute atomic E-state index is 0.0270. The van der Waals surface area contributed by atoms with Gasteiger partial charge in [-0.05, 0) is 80.5 Å². The summed E-state index contributed by atoms with van der Waals surface area (Å²) < 4.78 is 0. The Morgan fingerprint density at radius 2 is 1.68 bits per heavy atom. The van der Waals surface area contributed by atoms with Gasteiger partial charge in [-0.3, -0.25) is 0 Å². The molecule has 1 nitrogen and oxygen atoms in total. The molecule has 0 unspecified atom stereocenters. The van der Waals surface area contributed by atoms with E-state index in [-0.39, 0.29) is 5.41 Å². The van der Waals surface area contributed by atoms with Crippen LogP contribution in [0.1, 0.15) is 78.1 Å². The van der Waals surface area contributed by atoms with Gasteiger partial charge in [0.2, 0.25) is 0 Å². The minimum Gasteiger partial charge on any atom is -0.377 e. The van der Waals surface area contributed by atoms with Crippen molar-refractivity contribution in [3.05, 3.63) is 0 Å². The first-order chi connectivity index (χ1) is 10.4. The van der Waals surface area contributed by atoms with Crippen LogP contribution in [-0.4, -0.2) is 10.7 Å². The topological polar surface area (TPSA) is 20.2 Å². The molecule has 122 valence electrons. The van der Waals surface area contributed by atoms with Gasteiger partial charge in [-0.25, -0.2) is 0 Å². The van der Waals surface area contributed by atoms with Gasteiger partial charge in [0.05, 0.1) is 0 Å². The highest BCUT2D eigenvalue weighted by Gasteiger charge is 2.63. The lowest BCUT2D eigenvalue weighted by Crippen LogP contribution is -2.55. The number of aliphatic hydroxyl groups is 1. The highest BCUT2D eigenvalue weighted by molar-refractivity contribution is 5.23. The largest absolute Gasteiger partial charge is 0.377 e. The van der Waals surface area contributed by atoms with E-state index in [0.717, 1.165) is 37.0 Å². The maximum atomic E-state index is 11.0. The van der Waals surface area contributed by atoms with E-state index in [1.807, 2.05) is 0 Å². The van der Waals surface area contributed by atoms with Gasteiger partial charge in [-0.1, -0.05) is 32.6 Å². The van der Waals surface area contributed by atoms with Gasteiger partial charge in [0.15, 0.2) is 0 Å². The van der Waals surface area contributed by atoms with Crippen molar-refractivity contribution < 1.29 is 5.11 Å². The van der Waals surface area contributed by atoms with Crippen LogP contribution in [-0.2, 0) is 0 Å². The zero-order chi connectivity index (χ0) is 15.6. The molecule has 7 atom stereocenters. The molecule has 0 aromatic rings. The Kier molecular flexibility index (Phi) is 3.26. The highest BCUT2D eigenvalue weighted by Crippen LogP contribution is 2.68. The zero-order valence-corrected chi connectivity index (χ0v) is 14.4. The van der Waals surface area contributed by atoms with Gasteiger partial charge in [0.25, 0.3) is 0 Å². The molecule has 1 heteroatoms. The lowest BCUT2D eigenvalue weighted by molar-refractivity contribution is -0.134. The van der Waals surface area contributed by atoms with E-state index in [4.69, 9.17) is 6.42 Å². The van der Waals surface area contributed by atoms with Gasteiger partial charge in [-0.15, -0.1) is 6.42 Å². The van der Waals surface area contributed by atoms with E-state index in [9.17, 15) is 5.11 Å². The lowest BCUT2D eigenvalue weighted by Gasteiger charge is -2.60. The Balaban J connectivity index is 1.67. The van der Waals surface area contributed by atoms with Gasteiger partial charge < -0.3 is 5.11 Å². The van der Waals surface area contributed by atoms with E-state index in [2.05, 4.69) is 19.8 Å². The van der Waals surface area contributed by atoms with Gasteiger partial charge >= 0.3 is 0 Å². The monoisotopic (exact) mass is 300 g/mol. The van der Waals surface area contributed by atoms with Gasteiger partial charge in [0, 0.05) is 5.41 Å². The van der Waals surface area contributed by atoms with Crippen molar-refractivity contribution in [1.82, 2.24) is 0 Å². The van der Waals surface area contributed by atoms with Crippen molar-refractivity contribution in [2.75, 3.05) is 0 Å². The molecule has 0 aliphatic heterocycles. The maximum Gasteiger partial charge on any atom is 0.130 e. The quantitative estimate of drug-likeness (QED) is 0.638. The van der Waals surface area contributed by atoms with Crippen LogP contribution in [0.25, 0.3) is 0 Å². The summed E-state index contributed by atoms with van der Waals surface area (Å²) in [6.07, 6.45) is 18.8. The van der Waals surface area contributed by atoms with Crippen LogP contribution in [0.15, 0.2) is 0 Å². The fourth-order valence-electron chi connectivity index (χ4n) is 7.55. The van der Waals surface area contributed by atoms with Crippen LogP contribution in [0.3, 0.4) is 0 Å². The van der Waals surface area contributed by atoms with Crippen LogP contribution in [0, 0.1) is 46.8 Å². The van der Waals surface area contributed by atoms with E-state index in [0.29, 0.717) is 11.3 Å². The molecule has 0 aromatic carbocycles. The van der Waals surface area contributed by atoms with Crippen molar-refractivity contribution in [1.29, 1.82) is 0 Å². The Morgan fingerprint density at radius 3 is 2.45 bits per heavy atom. The van der Waals surface area contributed by atoms with Crippen LogP contribution < -0.4 is 0 Å². The third-order valence-corrected chi connectivity index (χ3v) is 8.97. The van der Waals surface area contributed by atoms with Crippen molar-refractivity contribution in [3.63, 3.8) is 0 Å². The summed E-state index contributed by atoms with van der Waals surface area (Å²) in [4.78, 5) is 0. The number of hydrogen-bond acceptors (Lipinski definition) is 1. The molecule has 0 saturated heterocycles. The molecule has 0 radical (unpaired) electrons. The van der Waals surface area contributed by atoms with Gasteiger partial charge in [0.1, 0.15) is 5.60 Å². The first-order valence-corrected chi connectivity index (χ1v) is 9.65. The molecule has 0 aromatic heterocycles. The van der Waals surface area contributed by atoms with Crippen molar-refractivity contribution in [3.8, 4) is 12.3 Å². The van der Waals surface area contributed by atoms with Crippen LogP contribution in [0.5, 0.6) is 0 Å². The smallest absolute Gasteiger partial charge is 0.130 e. The molecule has 0 spiro atoms. The Bertz CT molecular complexity index is 505. The molecule has 1 N–H and O–H groups in total. The SMILES string of the molecule is C#C[C@]1(O)CC[C@@H]2[C@H]3CC[C@@H]4CCCC[C@]4(C)[C@@H]3CC[C@]21C. The summed E-state index contributed by atoms with van der Waals surface area (Å²) in [5, 5.41) is 11.0. The van der Waals surface area contributed by atoms with E-state index in [1.165, 1.54) is 44.9 Å². The predicted octanol–water partition coefficient (Wildman–Crippen LogP) is 4.78. The van der Waals surface area contributed by atoms with Crippen LogP contribution in [0.4, 0.5) is 0 Å². The Labute approximate surface area is 136 Å². The third kappa shape index (κ3) is 1.71. The molecule has 0 heterocycles. The molecule has 22 heavy (non-hydrogen) atoms. The molecule has 4 aliphatic rings. The van der Waals surface area contributed by atoms with Crippen LogP contribution in [0.2, 0.25) is 0 Å². The third-order valence-electron chi connectivity index (χ3n) is 8.97. The van der Waals surface area contributed by atoms with Crippen molar-refractivity contribution >= 4 is 0 Å². The second-order valence-electron chi connectivity index (χ2n) is 9.40. The number of hydrogen-bond donors (Lipinski definition) is 1. The number of terminal acetylenes is 1. The standard InChI is InChI=1S/C21H32O/c1-4-21(22)14-11-18-16-9-8-15-7-5-6-12-19(15,2)17(16)10-13-20(18,21)3/h1,15-18,22H,5-14H2,2-3H3/t15-,16-,17+,18+,19-,20+,21-/m0/s1. The summed E-state index contributed by atoms with van der Waals surface area (Å²) >= 11 is 0. The number of fused-ring (bicyclic) bond motifs is 5. The highest BCUT2D eigenvalue weighted by atomic mass is 16.3. The second kappa shape index (κ2) is 4.76. The van der Waals surface area contributed by atoms with Crippen molar-refractivity contribution in [2.45, 2.75) is 83.7 Å². The fourth-order valence-corrected chi connectivity index (χ4v) is 7.55. The summed E-state index contributed by atoms with van der Waals surface area (Å²) in [6, 6.07) is 0. The first-order valence-electron chi connectivity index (χ1n) is 9.65. The lowest BCUT2D eigenvalue weighted by atomic mass is 9.44. The molecular weight excluding hydrogens is 268 g/mol. The molecule has 4 fully saturated rings. The fraction of sp³-hybridized carbons (Fsp3) is 0.905. The average molecular weight is 300 g/mol. The summed E-state index contributed by atoms with van der Waals surface area (Å²) in [6.45, 7) is 4.91. The minimum atomic E-state index is -0.840. The Hall–Kier alpha value is -0.480. The molecule has 0 amide bonds. The first kappa shape index (κ1) is 15.1. The van der Waals surface area contributed by atoms with Gasteiger partial charge in [-0.2, -0.15) is 0 Å². The summed E-state index contributed by atoms with van der Waals surface area (Å²) in [5.74, 6) is 6.14. The predicted molar refractivity (Wildman–Crippen MR) is 90.1 cm³/mol. The molecule has 4 aliphatic carbocycles. The molecule has 4 rings (SSSR count). The average Bonchev–Trinajstić information content (AvgIpc) is 2.79. The second-order valence-corrected chi connectivity index (χ2v) is 9.40. The van der Waals surface area contributed by atoms with E-state index >= 15 is 0 Å². The normalized spacial score (nSPS) is 57.4. The maximum absolute atomic E-state index is 11.0. The zero-order valence-electron chi connectivity index (χ0n) is 14.4. The number of rotatable bonds is 0. The summed E-state index contributed by atoms with van der Waals surface area (Å²) in [5.41, 5.74) is -0.285. The van der Waals surface area contributed by atoms with E-state index in [1.54, 1.807) is 0 Å². The summed E-state index contributed by atoms with van der Waals surface area (Å²) in [7, 11) is 0. The van der Waals surface area contributed by atoms with Crippen LogP contribution >= 0.6 is 0 Å². The Morgan fingerprint density at radius 1 is 0.909 bits per heavy atom.